The number of H-pyrrole nitrogens is 3. The molecular weight excluding hydrogens is 292 g/mol. The molecule has 0 saturated carbocycles. The van der Waals surface area contributed by atoms with Gasteiger partial charge in [0.15, 0.2) is 0 Å². The first-order valence-corrected chi connectivity index (χ1v) is 8.08. The number of rotatable bonds is 7. The second-order valence-corrected chi connectivity index (χ2v) is 6.09. The molecule has 2 aromatic heterocycles. The lowest BCUT2D eigenvalue weighted by molar-refractivity contribution is 0.120. The Kier molecular flexibility index (Phi) is 5.27. The quantitative estimate of drug-likeness (QED) is 0.580. The summed E-state index contributed by atoms with van der Waals surface area (Å²) in [5.74, 6) is 0.921. The standard InChI is InChI=1S/C13H20N4O3S/c1-17(7-9(18)3-4-21-2)6-8-5-14-11-10(8)15-13(20)16-12(11)19/h5,9,14,18H,3-4,6-7H2,1-2H3,(H2,15,16,19,20). The summed E-state index contributed by atoms with van der Waals surface area (Å²) in [5, 5.41) is 9.91. The summed E-state index contributed by atoms with van der Waals surface area (Å²) in [6, 6.07) is 0. The Morgan fingerprint density at radius 2 is 2.10 bits per heavy atom. The number of aliphatic hydroxyl groups excluding tert-OH is 1. The third-order valence-corrected chi connectivity index (χ3v) is 3.92. The van der Waals surface area contributed by atoms with Gasteiger partial charge in [0, 0.05) is 24.8 Å². The minimum atomic E-state index is -0.518. The van der Waals surface area contributed by atoms with Crippen LogP contribution in [0.4, 0.5) is 0 Å². The van der Waals surface area contributed by atoms with E-state index in [9.17, 15) is 14.7 Å². The van der Waals surface area contributed by atoms with Gasteiger partial charge in [-0.15, -0.1) is 0 Å². The first kappa shape index (κ1) is 15.9. The van der Waals surface area contributed by atoms with Gasteiger partial charge in [-0.1, -0.05) is 0 Å². The molecule has 2 rings (SSSR count). The third-order valence-electron chi connectivity index (χ3n) is 3.27. The van der Waals surface area contributed by atoms with Gasteiger partial charge in [0.2, 0.25) is 0 Å². The highest BCUT2D eigenvalue weighted by Gasteiger charge is 2.12. The number of thioether (sulfide) groups is 1. The normalized spacial score (nSPS) is 13.1. The van der Waals surface area contributed by atoms with Crippen molar-refractivity contribution in [2.75, 3.05) is 25.6 Å². The maximum atomic E-state index is 11.6. The molecule has 0 fully saturated rings. The molecule has 116 valence electrons. The first-order chi connectivity index (χ1) is 10.0. The SMILES string of the molecule is CSCCC(O)CN(C)Cc1c[nH]c2c(=O)[nH]c(=O)[nH]c12. The van der Waals surface area contributed by atoms with E-state index in [0.29, 0.717) is 24.1 Å². The Balaban J connectivity index is 2.09. The van der Waals surface area contributed by atoms with Gasteiger partial charge >= 0.3 is 5.69 Å². The Morgan fingerprint density at radius 1 is 1.33 bits per heavy atom. The van der Waals surface area contributed by atoms with Gasteiger partial charge in [-0.05, 0) is 25.5 Å². The fourth-order valence-electron chi connectivity index (χ4n) is 2.28. The Hall–Kier alpha value is -1.51. The predicted molar refractivity (Wildman–Crippen MR) is 84.9 cm³/mol. The van der Waals surface area contributed by atoms with E-state index in [1.807, 2.05) is 18.2 Å². The van der Waals surface area contributed by atoms with Gasteiger partial charge in [-0.25, -0.2) is 4.79 Å². The number of aromatic amines is 3. The van der Waals surface area contributed by atoms with Gasteiger partial charge in [-0.3, -0.25) is 14.7 Å². The molecule has 21 heavy (non-hydrogen) atoms. The van der Waals surface area contributed by atoms with Gasteiger partial charge < -0.3 is 15.1 Å². The average Bonchev–Trinajstić information content (AvgIpc) is 2.79. The summed E-state index contributed by atoms with van der Waals surface area (Å²) in [7, 11) is 1.90. The van der Waals surface area contributed by atoms with Crippen LogP contribution in [0, 0.1) is 0 Å². The zero-order valence-corrected chi connectivity index (χ0v) is 12.9. The van der Waals surface area contributed by atoms with Crippen molar-refractivity contribution in [3.8, 4) is 0 Å². The molecule has 0 aromatic carbocycles. The van der Waals surface area contributed by atoms with Gasteiger partial charge in [-0.2, -0.15) is 11.8 Å². The van der Waals surface area contributed by atoms with Gasteiger partial charge in [0.25, 0.3) is 5.56 Å². The Morgan fingerprint density at radius 3 is 2.81 bits per heavy atom. The van der Waals surface area contributed by atoms with Crippen LogP contribution in [0.1, 0.15) is 12.0 Å². The number of likely N-dealkylation sites (N-methyl/N-ethyl adjacent to an activating group) is 1. The fourth-order valence-corrected chi connectivity index (χ4v) is 2.79. The molecule has 0 aliphatic carbocycles. The summed E-state index contributed by atoms with van der Waals surface area (Å²) in [6.07, 6.45) is 4.09. The van der Waals surface area contributed by atoms with E-state index in [0.717, 1.165) is 17.7 Å². The third kappa shape index (κ3) is 3.99. The second-order valence-electron chi connectivity index (χ2n) is 5.10. The molecule has 0 aliphatic heterocycles. The molecule has 8 heteroatoms. The molecule has 7 nitrogen and oxygen atoms in total. The predicted octanol–water partition coefficient (Wildman–Crippen LogP) is 0.0903. The lowest BCUT2D eigenvalue weighted by Gasteiger charge is -2.19. The number of fused-ring (bicyclic) bond motifs is 1. The van der Waals surface area contributed by atoms with Crippen LogP contribution in [-0.2, 0) is 6.54 Å². The minimum Gasteiger partial charge on any atom is -0.392 e. The smallest absolute Gasteiger partial charge is 0.326 e. The summed E-state index contributed by atoms with van der Waals surface area (Å²) in [6.45, 7) is 1.08. The van der Waals surface area contributed by atoms with Crippen LogP contribution in [-0.4, -0.2) is 56.7 Å². The van der Waals surface area contributed by atoms with Crippen molar-refractivity contribution in [3.05, 3.63) is 32.6 Å². The highest BCUT2D eigenvalue weighted by Crippen LogP contribution is 2.13. The van der Waals surface area contributed by atoms with E-state index in [1.54, 1.807) is 18.0 Å². The van der Waals surface area contributed by atoms with Crippen molar-refractivity contribution in [3.63, 3.8) is 0 Å². The molecule has 2 aromatic rings. The fraction of sp³-hybridized carbons (Fsp3) is 0.538. The zero-order valence-electron chi connectivity index (χ0n) is 12.1. The molecule has 0 aliphatic rings. The lowest BCUT2D eigenvalue weighted by Crippen LogP contribution is -2.29. The van der Waals surface area contributed by atoms with Gasteiger partial charge in [0.05, 0.1) is 11.6 Å². The molecule has 0 saturated heterocycles. The summed E-state index contributed by atoms with van der Waals surface area (Å²) in [5.41, 5.74) is 0.765. The van der Waals surface area contributed by atoms with E-state index in [-0.39, 0.29) is 6.10 Å². The van der Waals surface area contributed by atoms with Crippen molar-refractivity contribution in [2.45, 2.75) is 19.1 Å². The largest absolute Gasteiger partial charge is 0.392 e. The van der Waals surface area contributed by atoms with Crippen LogP contribution in [0.2, 0.25) is 0 Å². The highest BCUT2D eigenvalue weighted by atomic mass is 32.2. The number of nitrogens with one attached hydrogen (secondary N) is 3. The molecule has 0 spiro atoms. The topological polar surface area (TPSA) is 105 Å². The van der Waals surface area contributed by atoms with Crippen molar-refractivity contribution in [2.24, 2.45) is 0 Å². The Bertz CT molecular complexity index is 705. The molecular formula is C13H20N4O3S. The summed E-state index contributed by atoms with van der Waals surface area (Å²) < 4.78 is 0. The van der Waals surface area contributed by atoms with E-state index >= 15 is 0 Å². The van der Waals surface area contributed by atoms with Crippen molar-refractivity contribution >= 4 is 22.8 Å². The monoisotopic (exact) mass is 312 g/mol. The van der Waals surface area contributed by atoms with E-state index in [2.05, 4.69) is 15.0 Å². The van der Waals surface area contributed by atoms with Crippen LogP contribution < -0.4 is 11.2 Å². The van der Waals surface area contributed by atoms with Crippen LogP contribution in [0.5, 0.6) is 0 Å². The molecule has 2 heterocycles. The van der Waals surface area contributed by atoms with Crippen LogP contribution in [0.3, 0.4) is 0 Å². The van der Waals surface area contributed by atoms with Crippen LogP contribution in [0.25, 0.3) is 11.0 Å². The highest BCUT2D eigenvalue weighted by molar-refractivity contribution is 7.98. The van der Waals surface area contributed by atoms with Crippen molar-refractivity contribution in [1.82, 2.24) is 19.9 Å². The molecule has 1 atom stereocenters. The van der Waals surface area contributed by atoms with E-state index < -0.39 is 11.2 Å². The maximum Gasteiger partial charge on any atom is 0.326 e. The second kappa shape index (κ2) is 6.97. The minimum absolute atomic E-state index is 0.362. The maximum absolute atomic E-state index is 11.6. The van der Waals surface area contributed by atoms with Crippen LogP contribution in [0.15, 0.2) is 15.8 Å². The number of hydrogen-bond acceptors (Lipinski definition) is 5. The Labute approximate surface area is 125 Å². The van der Waals surface area contributed by atoms with Crippen LogP contribution >= 0.6 is 11.8 Å². The first-order valence-electron chi connectivity index (χ1n) is 6.69. The van der Waals surface area contributed by atoms with E-state index in [1.165, 1.54) is 0 Å². The number of nitrogens with zero attached hydrogens (tertiary/aromatic N) is 1. The number of aliphatic hydroxyl groups is 1. The van der Waals surface area contributed by atoms with Gasteiger partial charge in [0.1, 0.15) is 5.52 Å². The van der Waals surface area contributed by atoms with E-state index in [4.69, 9.17) is 0 Å². The van der Waals surface area contributed by atoms with Crippen molar-refractivity contribution < 1.29 is 5.11 Å². The average molecular weight is 312 g/mol. The molecule has 1 unspecified atom stereocenters. The zero-order chi connectivity index (χ0) is 15.4. The summed E-state index contributed by atoms with van der Waals surface area (Å²) in [4.78, 5) is 32.6. The number of aromatic nitrogens is 3. The molecule has 4 N–H and O–H groups in total. The molecule has 0 amide bonds. The molecule has 0 bridgehead atoms. The number of hydrogen-bond donors (Lipinski definition) is 4. The lowest BCUT2D eigenvalue weighted by atomic mass is 10.2. The summed E-state index contributed by atoms with van der Waals surface area (Å²) >= 11 is 1.71. The molecule has 0 radical (unpaired) electrons. The van der Waals surface area contributed by atoms with Crippen molar-refractivity contribution in [1.29, 1.82) is 0 Å².